The highest BCUT2D eigenvalue weighted by atomic mass is 32.1. The molecule has 0 atom stereocenters. The van der Waals surface area contributed by atoms with Crippen LogP contribution in [0.15, 0.2) is 54.6 Å². The molecule has 3 nitrogen and oxygen atoms in total. The van der Waals surface area contributed by atoms with Crippen LogP contribution in [0.25, 0.3) is 11.3 Å². The predicted octanol–water partition coefficient (Wildman–Crippen LogP) is 5.15. The van der Waals surface area contributed by atoms with Gasteiger partial charge in [-0.3, -0.25) is 10.1 Å². The van der Waals surface area contributed by atoms with Crippen molar-refractivity contribution in [2.45, 2.75) is 19.8 Å². The van der Waals surface area contributed by atoms with E-state index in [1.54, 1.807) is 24.3 Å². The quantitative estimate of drug-likeness (QED) is 0.697. The minimum Gasteiger partial charge on any atom is -0.298 e. The van der Waals surface area contributed by atoms with Gasteiger partial charge in [0.05, 0.1) is 5.69 Å². The van der Waals surface area contributed by atoms with E-state index in [2.05, 4.69) is 17.2 Å². The lowest BCUT2D eigenvalue weighted by atomic mass is 10.1. The maximum atomic E-state index is 13.1. The molecule has 1 heterocycles. The molecule has 122 valence electrons. The highest BCUT2D eigenvalue weighted by Gasteiger charge is 2.15. The van der Waals surface area contributed by atoms with Gasteiger partial charge in [0.25, 0.3) is 5.91 Å². The Morgan fingerprint density at radius 3 is 2.50 bits per heavy atom. The van der Waals surface area contributed by atoms with Gasteiger partial charge < -0.3 is 0 Å². The van der Waals surface area contributed by atoms with E-state index in [0.29, 0.717) is 10.7 Å². The zero-order chi connectivity index (χ0) is 16.9. The molecule has 1 aromatic heterocycles. The largest absolute Gasteiger partial charge is 0.298 e. The normalized spacial score (nSPS) is 10.6. The number of thiazole rings is 1. The fourth-order valence-corrected chi connectivity index (χ4v) is 3.47. The minimum absolute atomic E-state index is 0.182. The molecule has 0 radical (unpaired) electrons. The molecular formula is C19H17FN2OS. The number of hydrogen-bond acceptors (Lipinski definition) is 3. The molecule has 0 aliphatic rings. The van der Waals surface area contributed by atoms with E-state index in [0.717, 1.165) is 29.0 Å². The molecule has 0 unspecified atom stereocenters. The third-order valence-electron chi connectivity index (χ3n) is 3.55. The number of anilines is 1. The van der Waals surface area contributed by atoms with Gasteiger partial charge in [-0.05, 0) is 42.8 Å². The van der Waals surface area contributed by atoms with E-state index in [1.807, 2.05) is 18.2 Å². The van der Waals surface area contributed by atoms with Gasteiger partial charge in [-0.2, -0.15) is 0 Å². The number of halogens is 1. The molecule has 1 N–H and O–H groups in total. The number of aryl methyl sites for hydroxylation is 1. The van der Waals surface area contributed by atoms with Crippen LogP contribution in [0.3, 0.4) is 0 Å². The summed E-state index contributed by atoms with van der Waals surface area (Å²) in [5.41, 5.74) is 2.26. The average molecular weight is 340 g/mol. The summed E-state index contributed by atoms with van der Waals surface area (Å²) in [6, 6.07) is 15.3. The first-order valence-corrected chi connectivity index (χ1v) is 8.61. The van der Waals surface area contributed by atoms with Crippen molar-refractivity contribution in [2.24, 2.45) is 0 Å². The minimum atomic E-state index is -0.274. The summed E-state index contributed by atoms with van der Waals surface area (Å²) in [4.78, 5) is 17.9. The molecule has 0 aliphatic heterocycles. The number of nitrogens with zero attached hydrogens (tertiary/aromatic N) is 1. The number of carbonyl (C=O) groups is 1. The Morgan fingerprint density at radius 2 is 1.83 bits per heavy atom. The Bertz CT molecular complexity index is 828. The number of benzene rings is 2. The molecule has 3 rings (SSSR count). The van der Waals surface area contributed by atoms with Crippen LogP contribution in [0.2, 0.25) is 0 Å². The fourth-order valence-electron chi connectivity index (χ4n) is 2.39. The van der Waals surface area contributed by atoms with Gasteiger partial charge in [-0.15, -0.1) is 11.3 Å². The summed E-state index contributed by atoms with van der Waals surface area (Å²) in [5.74, 6) is -0.457. The van der Waals surface area contributed by atoms with Crippen LogP contribution in [-0.2, 0) is 6.42 Å². The molecule has 0 spiro atoms. The third-order valence-corrected chi connectivity index (χ3v) is 4.58. The van der Waals surface area contributed by atoms with Gasteiger partial charge in [-0.25, -0.2) is 9.37 Å². The van der Waals surface area contributed by atoms with Crippen molar-refractivity contribution in [3.05, 3.63) is 70.9 Å². The second kappa shape index (κ2) is 7.36. The molecule has 0 bridgehead atoms. The van der Waals surface area contributed by atoms with Crippen molar-refractivity contribution in [3.63, 3.8) is 0 Å². The first-order chi connectivity index (χ1) is 11.7. The Labute approximate surface area is 144 Å². The van der Waals surface area contributed by atoms with Gasteiger partial charge in [0, 0.05) is 16.0 Å². The van der Waals surface area contributed by atoms with E-state index in [9.17, 15) is 9.18 Å². The van der Waals surface area contributed by atoms with Gasteiger partial charge in [0.2, 0.25) is 0 Å². The molecule has 0 saturated heterocycles. The molecule has 1 amide bonds. The van der Waals surface area contributed by atoms with Crippen molar-refractivity contribution < 1.29 is 9.18 Å². The lowest BCUT2D eigenvalue weighted by Gasteiger charge is -2.01. The number of hydrogen-bond donors (Lipinski definition) is 1. The van der Waals surface area contributed by atoms with Crippen LogP contribution in [0.4, 0.5) is 9.52 Å². The van der Waals surface area contributed by atoms with E-state index < -0.39 is 0 Å². The topological polar surface area (TPSA) is 42.0 Å². The molecule has 0 aliphatic carbocycles. The zero-order valence-corrected chi connectivity index (χ0v) is 14.1. The first kappa shape index (κ1) is 16.3. The Hall–Kier alpha value is -2.53. The number of amides is 1. The monoisotopic (exact) mass is 340 g/mol. The van der Waals surface area contributed by atoms with Crippen LogP contribution in [-0.4, -0.2) is 10.9 Å². The first-order valence-electron chi connectivity index (χ1n) is 7.79. The lowest BCUT2D eigenvalue weighted by Crippen LogP contribution is -2.11. The summed E-state index contributed by atoms with van der Waals surface area (Å²) >= 11 is 1.47. The highest BCUT2D eigenvalue weighted by molar-refractivity contribution is 7.16. The molecule has 0 saturated carbocycles. The smallest absolute Gasteiger partial charge is 0.257 e. The molecular weight excluding hydrogens is 323 g/mol. The van der Waals surface area contributed by atoms with Gasteiger partial charge in [-0.1, -0.05) is 31.5 Å². The Balaban J connectivity index is 1.88. The van der Waals surface area contributed by atoms with E-state index in [1.165, 1.54) is 23.5 Å². The van der Waals surface area contributed by atoms with E-state index in [-0.39, 0.29) is 11.7 Å². The molecule has 5 heteroatoms. The maximum Gasteiger partial charge on any atom is 0.257 e. The van der Waals surface area contributed by atoms with Gasteiger partial charge in [0.15, 0.2) is 5.13 Å². The summed E-state index contributed by atoms with van der Waals surface area (Å²) in [6.45, 7) is 2.09. The highest BCUT2D eigenvalue weighted by Crippen LogP contribution is 2.32. The standard InChI is InChI=1S/C19H17FN2OS/c1-2-6-16-17(13-9-11-15(20)12-10-13)21-19(24-16)22-18(23)14-7-4-3-5-8-14/h3-5,7-12H,2,6H2,1H3,(H,21,22,23). The Kier molecular flexibility index (Phi) is 5.01. The fraction of sp³-hybridized carbons (Fsp3) is 0.158. The van der Waals surface area contributed by atoms with E-state index in [4.69, 9.17) is 0 Å². The molecule has 2 aromatic carbocycles. The zero-order valence-electron chi connectivity index (χ0n) is 13.3. The SMILES string of the molecule is CCCc1sc(NC(=O)c2ccccc2)nc1-c1ccc(F)cc1. The molecule has 24 heavy (non-hydrogen) atoms. The number of aromatic nitrogens is 1. The van der Waals surface area contributed by atoms with Gasteiger partial charge in [0.1, 0.15) is 5.82 Å². The second-order valence-electron chi connectivity index (χ2n) is 5.37. The van der Waals surface area contributed by atoms with Crippen LogP contribution >= 0.6 is 11.3 Å². The lowest BCUT2D eigenvalue weighted by molar-refractivity contribution is 0.102. The van der Waals surface area contributed by atoms with Crippen LogP contribution in [0.1, 0.15) is 28.6 Å². The van der Waals surface area contributed by atoms with Crippen molar-refractivity contribution >= 4 is 22.4 Å². The van der Waals surface area contributed by atoms with Crippen LogP contribution in [0, 0.1) is 5.82 Å². The summed E-state index contributed by atoms with van der Waals surface area (Å²) < 4.78 is 13.1. The number of nitrogens with one attached hydrogen (secondary N) is 1. The van der Waals surface area contributed by atoms with Crippen molar-refractivity contribution in [1.82, 2.24) is 4.98 Å². The van der Waals surface area contributed by atoms with Crippen LogP contribution < -0.4 is 5.32 Å². The summed E-state index contributed by atoms with van der Waals surface area (Å²) in [5, 5.41) is 3.41. The van der Waals surface area contributed by atoms with Crippen LogP contribution in [0.5, 0.6) is 0 Å². The van der Waals surface area contributed by atoms with Gasteiger partial charge >= 0.3 is 0 Å². The number of rotatable bonds is 5. The van der Waals surface area contributed by atoms with Crippen molar-refractivity contribution in [3.8, 4) is 11.3 Å². The average Bonchev–Trinajstić information content (AvgIpc) is 2.99. The second-order valence-corrected chi connectivity index (χ2v) is 6.45. The van der Waals surface area contributed by atoms with E-state index >= 15 is 0 Å². The predicted molar refractivity (Wildman–Crippen MR) is 95.9 cm³/mol. The molecule has 3 aromatic rings. The Morgan fingerprint density at radius 1 is 1.12 bits per heavy atom. The number of carbonyl (C=O) groups excluding carboxylic acids is 1. The maximum absolute atomic E-state index is 13.1. The summed E-state index contributed by atoms with van der Waals surface area (Å²) in [7, 11) is 0. The third kappa shape index (κ3) is 3.68. The summed E-state index contributed by atoms with van der Waals surface area (Å²) in [6.07, 6.45) is 1.84. The molecule has 0 fully saturated rings. The van der Waals surface area contributed by atoms with Crippen molar-refractivity contribution in [2.75, 3.05) is 5.32 Å². The van der Waals surface area contributed by atoms with Crippen molar-refractivity contribution in [1.29, 1.82) is 0 Å².